The molecule has 86 valence electrons. The molecule has 0 aromatic heterocycles. The maximum atomic E-state index is 10.8. The van der Waals surface area contributed by atoms with E-state index in [1.165, 1.54) is 26.2 Å². The first-order valence-electron chi connectivity index (χ1n) is 5.80. The van der Waals surface area contributed by atoms with Crippen LogP contribution in [0.4, 0.5) is 0 Å². The lowest BCUT2D eigenvalue weighted by Gasteiger charge is -2.03. The standard InChI is InChI=1S/C13H22O2/c1-3-4-5-6-7-8-9-13(11-14)10-12(2)15/h7-8,11,13H,3-6,9-10H2,1-2H3/b8-7-/t13-/m1/s1. The molecule has 2 nitrogen and oxygen atoms in total. The second-order valence-corrected chi connectivity index (χ2v) is 4.01. The van der Waals surface area contributed by atoms with E-state index in [2.05, 4.69) is 13.0 Å². The van der Waals surface area contributed by atoms with Gasteiger partial charge in [0, 0.05) is 12.3 Å². The first kappa shape index (κ1) is 14.1. The number of rotatable bonds is 9. The molecule has 15 heavy (non-hydrogen) atoms. The van der Waals surface area contributed by atoms with Gasteiger partial charge in [-0.25, -0.2) is 0 Å². The van der Waals surface area contributed by atoms with E-state index in [1.54, 1.807) is 0 Å². The Morgan fingerprint density at radius 2 is 2.00 bits per heavy atom. The summed E-state index contributed by atoms with van der Waals surface area (Å²) >= 11 is 0. The number of carbonyl (C=O) groups is 2. The molecule has 0 spiro atoms. The lowest BCUT2D eigenvalue weighted by molar-refractivity contribution is -0.121. The lowest BCUT2D eigenvalue weighted by atomic mass is 10.0. The SMILES string of the molecule is CCCCC/C=C\C[C@@H](C=O)CC(C)=O. The molecule has 0 amide bonds. The molecule has 0 aliphatic heterocycles. The Labute approximate surface area is 92.8 Å². The fraction of sp³-hybridized carbons (Fsp3) is 0.692. The minimum absolute atomic E-state index is 0.0893. The molecule has 0 saturated carbocycles. The predicted octanol–water partition coefficient (Wildman–Crippen LogP) is 3.31. The molecular weight excluding hydrogens is 188 g/mol. The lowest BCUT2D eigenvalue weighted by Crippen LogP contribution is -2.05. The highest BCUT2D eigenvalue weighted by Gasteiger charge is 2.07. The van der Waals surface area contributed by atoms with Gasteiger partial charge in [0.1, 0.15) is 12.1 Å². The van der Waals surface area contributed by atoms with Gasteiger partial charge in [-0.1, -0.05) is 31.9 Å². The van der Waals surface area contributed by atoms with E-state index in [0.29, 0.717) is 12.8 Å². The summed E-state index contributed by atoms with van der Waals surface area (Å²) in [5.74, 6) is -0.0311. The molecule has 0 aromatic rings. The topological polar surface area (TPSA) is 34.1 Å². The van der Waals surface area contributed by atoms with Crippen molar-refractivity contribution in [1.82, 2.24) is 0 Å². The van der Waals surface area contributed by atoms with Crippen LogP contribution in [0.15, 0.2) is 12.2 Å². The summed E-state index contributed by atoms with van der Waals surface area (Å²) in [6.07, 6.45) is 10.9. The molecule has 0 radical (unpaired) electrons. The van der Waals surface area contributed by atoms with Crippen molar-refractivity contribution in [2.24, 2.45) is 5.92 Å². The molecular formula is C13H22O2. The van der Waals surface area contributed by atoms with Crippen LogP contribution in [0.25, 0.3) is 0 Å². The quantitative estimate of drug-likeness (QED) is 0.332. The van der Waals surface area contributed by atoms with Crippen LogP contribution in [0.5, 0.6) is 0 Å². The smallest absolute Gasteiger partial charge is 0.130 e. The van der Waals surface area contributed by atoms with Crippen LogP contribution in [0.1, 0.15) is 52.4 Å². The summed E-state index contributed by atoms with van der Waals surface area (Å²) in [5.41, 5.74) is 0. The number of Topliss-reactive ketones (excluding diaryl/α,β-unsaturated/α-hetero) is 1. The number of hydrogen-bond acceptors (Lipinski definition) is 2. The molecule has 0 saturated heterocycles. The van der Waals surface area contributed by atoms with Crippen LogP contribution in [-0.4, -0.2) is 12.1 Å². The monoisotopic (exact) mass is 210 g/mol. The Bertz CT molecular complexity index is 207. The number of hydrogen-bond donors (Lipinski definition) is 0. The van der Waals surface area contributed by atoms with Crippen LogP contribution in [0.3, 0.4) is 0 Å². The van der Waals surface area contributed by atoms with Crippen molar-refractivity contribution in [2.75, 3.05) is 0 Å². The molecule has 0 bridgehead atoms. The van der Waals surface area contributed by atoms with Crippen molar-refractivity contribution in [3.63, 3.8) is 0 Å². The van der Waals surface area contributed by atoms with E-state index in [-0.39, 0.29) is 11.7 Å². The molecule has 0 unspecified atom stereocenters. The van der Waals surface area contributed by atoms with E-state index in [1.807, 2.05) is 6.08 Å². The highest BCUT2D eigenvalue weighted by atomic mass is 16.1. The minimum Gasteiger partial charge on any atom is -0.303 e. The summed E-state index contributed by atoms with van der Waals surface area (Å²) in [6.45, 7) is 3.71. The van der Waals surface area contributed by atoms with Crippen molar-refractivity contribution in [2.45, 2.75) is 52.4 Å². The average Bonchev–Trinajstić information content (AvgIpc) is 2.20. The maximum Gasteiger partial charge on any atom is 0.130 e. The van der Waals surface area contributed by atoms with Gasteiger partial charge in [-0.05, 0) is 26.2 Å². The highest BCUT2D eigenvalue weighted by Crippen LogP contribution is 2.08. The minimum atomic E-state index is -0.120. The van der Waals surface area contributed by atoms with Crippen LogP contribution in [0, 0.1) is 5.92 Å². The zero-order valence-corrected chi connectivity index (χ0v) is 9.87. The largest absolute Gasteiger partial charge is 0.303 e. The number of carbonyl (C=O) groups excluding carboxylic acids is 2. The molecule has 1 atom stereocenters. The van der Waals surface area contributed by atoms with Crippen molar-refractivity contribution in [3.05, 3.63) is 12.2 Å². The Hall–Kier alpha value is -0.920. The van der Waals surface area contributed by atoms with E-state index >= 15 is 0 Å². The third kappa shape index (κ3) is 9.39. The van der Waals surface area contributed by atoms with Gasteiger partial charge in [0.2, 0.25) is 0 Å². The second kappa shape index (κ2) is 9.63. The fourth-order valence-corrected chi connectivity index (χ4v) is 1.46. The number of allylic oxidation sites excluding steroid dienone is 2. The molecule has 0 aliphatic carbocycles. The van der Waals surface area contributed by atoms with Crippen molar-refractivity contribution >= 4 is 12.1 Å². The van der Waals surface area contributed by atoms with Crippen LogP contribution in [0.2, 0.25) is 0 Å². The van der Waals surface area contributed by atoms with Gasteiger partial charge in [-0.2, -0.15) is 0 Å². The Morgan fingerprint density at radius 3 is 2.53 bits per heavy atom. The molecule has 0 rings (SSSR count). The van der Waals surface area contributed by atoms with E-state index < -0.39 is 0 Å². The summed E-state index contributed by atoms with van der Waals surface area (Å²) < 4.78 is 0. The number of aldehydes is 1. The third-order valence-corrected chi connectivity index (χ3v) is 2.32. The van der Waals surface area contributed by atoms with Gasteiger partial charge in [0.25, 0.3) is 0 Å². The zero-order valence-electron chi connectivity index (χ0n) is 9.87. The summed E-state index contributed by atoms with van der Waals surface area (Å²) in [5, 5.41) is 0. The predicted molar refractivity (Wildman–Crippen MR) is 62.8 cm³/mol. The van der Waals surface area contributed by atoms with Crippen molar-refractivity contribution in [1.29, 1.82) is 0 Å². The van der Waals surface area contributed by atoms with E-state index in [0.717, 1.165) is 12.7 Å². The van der Waals surface area contributed by atoms with E-state index in [9.17, 15) is 9.59 Å². The van der Waals surface area contributed by atoms with Gasteiger partial charge in [-0.15, -0.1) is 0 Å². The van der Waals surface area contributed by atoms with Gasteiger partial charge >= 0.3 is 0 Å². The van der Waals surface area contributed by atoms with Gasteiger partial charge < -0.3 is 9.59 Å². The maximum absolute atomic E-state index is 10.8. The Balaban J connectivity index is 3.60. The van der Waals surface area contributed by atoms with Crippen molar-refractivity contribution < 1.29 is 9.59 Å². The second-order valence-electron chi connectivity index (χ2n) is 4.01. The average molecular weight is 210 g/mol. The van der Waals surface area contributed by atoms with E-state index in [4.69, 9.17) is 0 Å². The van der Waals surface area contributed by atoms with Crippen LogP contribution < -0.4 is 0 Å². The zero-order chi connectivity index (χ0) is 11.5. The van der Waals surface area contributed by atoms with Gasteiger partial charge in [-0.3, -0.25) is 0 Å². The summed E-state index contributed by atoms with van der Waals surface area (Å²) in [7, 11) is 0. The number of ketones is 1. The Morgan fingerprint density at radius 1 is 1.27 bits per heavy atom. The Kier molecular flexibility index (Phi) is 9.04. The molecule has 0 aromatic carbocycles. The van der Waals surface area contributed by atoms with Gasteiger partial charge in [0.15, 0.2) is 0 Å². The fourth-order valence-electron chi connectivity index (χ4n) is 1.46. The number of unbranched alkanes of at least 4 members (excludes halogenated alkanes) is 3. The normalized spacial score (nSPS) is 12.9. The summed E-state index contributed by atoms with van der Waals surface area (Å²) in [4.78, 5) is 21.4. The molecule has 0 aliphatic rings. The first-order chi connectivity index (χ1) is 7.20. The molecule has 0 fully saturated rings. The van der Waals surface area contributed by atoms with Crippen LogP contribution in [-0.2, 0) is 9.59 Å². The van der Waals surface area contributed by atoms with Crippen LogP contribution >= 0.6 is 0 Å². The highest BCUT2D eigenvalue weighted by molar-refractivity contribution is 5.78. The van der Waals surface area contributed by atoms with Gasteiger partial charge in [0.05, 0.1) is 0 Å². The molecule has 0 heterocycles. The van der Waals surface area contributed by atoms with Crippen molar-refractivity contribution in [3.8, 4) is 0 Å². The molecule has 0 N–H and O–H groups in total. The third-order valence-electron chi connectivity index (χ3n) is 2.32. The first-order valence-corrected chi connectivity index (χ1v) is 5.80. The summed E-state index contributed by atoms with van der Waals surface area (Å²) in [6, 6.07) is 0. The molecule has 2 heteroatoms.